The van der Waals surface area contributed by atoms with Gasteiger partial charge in [0.2, 0.25) is 0 Å². The van der Waals surface area contributed by atoms with E-state index < -0.39 is 5.91 Å². The number of carbonyl (C=O) groups excluding carboxylic acids is 1. The molecule has 0 atom stereocenters. The number of nitrogens with two attached hydrogens (primary N) is 1. The van der Waals surface area contributed by atoms with Gasteiger partial charge in [0.05, 0.1) is 11.9 Å². The largest absolute Gasteiger partial charge is 0.422 e. The molecule has 4 rings (SSSR count). The molecule has 138 valence electrons. The molecule has 8 nitrogen and oxygen atoms in total. The summed E-state index contributed by atoms with van der Waals surface area (Å²) in [5.41, 5.74) is 8.16. The number of benzene rings is 1. The lowest BCUT2D eigenvalue weighted by Gasteiger charge is -2.29. The van der Waals surface area contributed by atoms with E-state index >= 15 is 0 Å². The van der Waals surface area contributed by atoms with Crippen LogP contribution in [-0.4, -0.2) is 42.1 Å². The van der Waals surface area contributed by atoms with E-state index in [4.69, 9.17) is 10.2 Å². The van der Waals surface area contributed by atoms with E-state index in [2.05, 4.69) is 25.5 Å². The number of rotatable bonds is 5. The van der Waals surface area contributed by atoms with Crippen LogP contribution >= 0.6 is 0 Å². The lowest BCUT2D eigenvalue weighted by Crippen LogP contribution is -2.43. The highest BCUT2D eigenvalue weighted by Crippen LogP contribution is 2.30. The number of amides is 1. The van der Waals surface area contributed by atoms with Crippen LogP contribution in [0.4, 0.5) is 17.4 Å². The maximum Gasteiger partial charge on any atom is 0.300 e. The normalized spacial score (nSPS) is 14.1. The molecule has 0 spiro atoms. The summed E-state index contributed by atoms with van der Waals surface area (Å²) in [7, 11) is 0. The molecule has 27 heavy (non-hydrogen) atoms. The highest BCUT2D eigenvalue weighted by molar-refractivity contribution is 5.97. The number of pyridine rings is 1. The summed E-state index contributed by atoms with van der Waals surface area (Å²) >= 11 is 0. The Kier molecular flexibility index (Phi) is 4.71. The molecule has 1 aliphatic rings. The molecule has 0 aliphatic carbocycles. The first-order valence-electron chi connectivity index (χ1n) is 8.74. The molecule has 0 bridgehead atoms. The number of carbonyl (C=O) groups is 1. The highest BCUT2D eigenvalue weighted by atomic mass is 16.4. The minimum atomic E-state index is -0.640. The molecular formula is C19H20N6O2. The van der Waals surface area contributed by atoms with Crippen molar-refractivity contribution in [1.29, 1.82) is 0 Å². The van der Waals surface area contributed by atoms with Crippen LogP contribution in [0.15, 0.2) is 53.2 Å². The molecule has 1 saturated heterocycles. The first-order chi connectivity index (χ1) is 13.2. The zero-order chi connectivity index (χ0) is 18.6. The minimum absolute atomic E-state index is 0.0938. The van der Waals surface area contributed by atoms with Crippen molar-refractivity contribution in [1.82, 2.24) is 15.3 Å². The summed E-state index contributed by atoms with van der Waals surface area (Å²) in [6, 6.07) is 11.7. The van der Waals surface area contributed by atoms with Crippen LogP contribution in [0, 0.1) is 0 Å². The number of primary amides is 1. The number of oxazole rings is 1. The van der Waals surface area contributed by atoms with Gasteiger partial charge >= 0.3 is 6.01 Å². The summed E-state index contributed by atoms with van der Waals surface area (Å²) in [4.78, 5) is 22.3. The Morgan fingerprint density at radius 1 is 1.19 bits per heavy atom. The van der Waals surface area contributed by atoms with Crippen LogP contribution < -0.4 is 21.3 Å². The van der Waals surface area contributed by atoms with Crippen molar-refractivity contribution in [2.45, 2.75) is 0 Å². The molecule has 8 heteroatoms. The van der Waals surface area contributed by atoms with Gasteiger partial charge in [-0.3, -0.25) is 9.78 Å². The van der Waals surface area contributed by atoms with Gasteiger partial charge in [0.25, 0.3) is 5.91 Å². The second-order valence-corrected chi connectivity index (χ2v) is 6.21. The van der Waals surface area contributed by atoms with Gasteiger partial charge in [-0.05, 0) is 36.4 Å². The van der Waals surface area contributed by atoms with Crippen molar-refractivity contribution in [2.24, 2.45) is 5.73 Å². The van der Waals surface area contributed by atoms with Crippen LogP contribution in [0.1, 0.15) is 10.5 Å². The third-order valence-corrected chi connectivity index (χ3v) is 4.38. The third-order valence-electron chi connectivity index (χ3n) is 4.38. The first kappa shape index (κ1) is 17.0. The Bertz CT molecular complexity index is 917. The SMILES string of the molecule is NC(=O)c1nc(Nc2cccnc2)oc1-c1ccc(N2CCNCC2)cc1. The lowest BCUT2D eigenvalue weighted by atomic mass is 10.1. The number of aromatic nitrogens is 2. The number of nitrogens with zero attached hydrogens (tertiary/aromatic N) is 3. The van der Waals surface area contributed by atoms with Gasteiger partial charge in [0.15, 0.2) is 11.5 Å². The Labute approximate surface area is 156 Å². The van der Waals surface area contributed by atoms with Crippen LogP contribution in [0.5, 0.6) is 0 Å². The molecule has 2 aromatic heterocycles. The van der Waals surface area contributed by atoms with Crippen molar-refractivity contribution in [3.05, 3.63) is 54.5 Å². The van der Waals surface area contributed by atoms with E-state index in [-0.39, 0.29) is 11.7 Å². The van der Waals surface area contributed by atoms with Gasteiger partial charge in [0, 0.05) is 43.6 Å². The zero-order valence-corrected chi connectivity index (χ0v) is 14.7. The van der Waals surface area contributed by atoms with Gasteiger partial charge in [-0.1, -0.05) is 0 Å². The quantitative estimate of drug-likeness (QED) is 0.635. The zero-order valence-electron chi connectivity index (χ0n) is 14.7. The molecular weight excluding hydrogens is 344 g/mol. The smallest absolute Gasteiger partial charge is 0.300 e. The van der Waals surface area contributed by atoms with Crippen molar-refractivity contribution in [3.8, 4) is 11.3 Å². The summed E-state index contributed by atoms with van der Waals surface area (Å²) in [6.45, 7) is 3.87. The van der Waals surface area contributed by atoms with E-state index in [1.165, 1.54) is 0 Å². The van der Waals surface area contributed by atoms with Crippen LogP contribution in [0.3, 0.4) is 0 Å². The number of nitrogens with one attached hydrogen (secondary N) is 2. The number of hydrogen-bond acceptors (Lipinski definition) is 7. The maximum atomic E-state index is 11.8. The van der Waals surface area contributed by atoms with E-state index in [1.807, 2.05) is 30.3 Å². The first-order valence-corrected chi connectivity index (χ1v) is 8.74. The molecule has 3 heterocycles. The van der Waals surface area contributed by atoms with E-state index in [0.29, 0.717) is 11.4 Å². The van der Waals surface area contributed by atoms with Crippen molar-refractivity contribution >= 4 is 23.3 Å². The highest BCUT2D eigenvalue weighted by Gasteiger charge is 2.20. The summed E-state index contributed by atoms with van der Waals surface area (Å²) in [6.07, 6.45) is 3.30. The summed E-state index contributed by atoms with van der Waals surface area (Å²) < 4.78 is 5.78. The minimum Gasteiger partial charge on any atom is -0.422 e. The van der Waals surface area contributed by atoms with E-state index in [0.717, 1.165) is 37.4 Å². The number of piperazine rings is 1. The molecule has 1 aromatic carbocycles. The third kappa shape index (κ3) is 3.75. The molecule has 1 aliphatic heterocycles. The fraction of sp³-hybridized carbons (Fsp3) is 0.211. The Balaban J connectivity index is 1.61. The lowest BCUT2D eigenvalue weighted by molar-refractivity contribution is 0.0996. The van der Waals surface area contributed by atoms with Crippen molar-refractivity contribution < 1.29 is 9.21 Å². The fourth-order valence-electron chi connectivity index (χ4n) is 3.04. The van der Waals surface area contributed by atoms with Crippen LogP contribution in [-0.2, 0) is 0 Å². The second-order valence-electron chi connectivity index (χ2n) is 6.21. The number of hydrogen-bond donors (Lipinski definition) is 3. The van der Waals surface area contributed by atoms with E-state index in [1.54, 1.807) is 18.5 Å². The molecule has 1 fully saturated rings. The standard InChI is InChI=1S/C19H20N6O2/c20-18(26)16-17(27-19(24-16)23-14-2-1-7-22-12-14)13-3-5-15(6-4-13)25-10-8-21-9-11-25/h1-7,12,21H,8-11H2,(H2,20,26)(H,23,24). The monoisotopic (exact) mass is 364 g/mol. The molecule has 0 saturated carbocycles. The van der Waals surface area contributed by atoms with Crippen LogP contribution in [0.25, 0.3) is 11.3 Å². The van der Waals surface area contributed by atoms with Gasteiger partial charge in [-0.2, -0.15) is 4.98 Å². The van der Waals surface area contributed by atoms with Gasteiger partial charge < -0.3 is 25.7 Å². The molecule has 4 N–H and O–H groups in total. The molecule has 1 amide bonds. The predicted molar refractivity (Wildman–Crippen MR) is 103 cm³/mol. The molecule has 0 radical (unpaired) electrons. The average molecular weight is 364 g/mol. The second kappa shape index (κ2) is 7.46. The fourth-order valence-corrected chi connectivity index (χ4v) is 3.04. The Hall–Kier alpha value is -3.39. The van der Waals surface area contributed by atoms with Crippen LogP contribution in [0.2, 0.25) is 0 Å². The Morgan fingerprint density at radius 2 is 1.96 bits per heavy atom. The number of anilines is 3. The summed E-state index contributed by atoms with van der Waals surface area (Å²) in [5.74, 6) is -0.292. The summed E-state index contributed by atoms with van der Waals surface area (Å²) in [5, 5.41) is 6.33. The van der Waals surface area contributed by atoms with Crippen molar-refractivity contribution in [2.75, 3.05) is 36.4 Å². The molecule has 0 unspecified atom stereocenters. The molecule has 3 aromatic rings. The van der Waals surface area contributed by atoms with Gasteiger partial charge in [-0.25, -0.2) is 0 Å². The average Bonchev–Trinajstić information content (AvgIpc) is 3.14. The maximum absolute atomic E-state index is 11.8. The Morgan fingerprint density at radius 3 is 2.63 bits per heavy atom. The van der Waals surface area contributed by atoms with Crippen molar-refractivity contribution in [3.63, 3.8) is 0 Å². The van der Waals surface area contributed by atoms with Gasteiger partial charge in [0.1, 0.15) is 0 Å². The topological polar surface area (TPSA) is 109 Å². The predicted octanol–water partition coefficient (Wildman–Crippen LogP) is 1.99. The van der Waals surface area contributed by atoms with E-state index in [9.17, 15) is 4.79 Å². The van der Waals surface area contributed by atoms with Gasteiger partial charge in [-0.15, -0.1) is 0 Å².